The van der Waals surface area contributed by atoms with Crippen LogP contribution in [0.25, 0.3) is 0 Å². The highest BCUT2D eigenvalue weighted by atomic mass is 35.5. The number of benzene rings is 2. The molecule has 0 spiro atoms. The number of nitrogens with two attached hydrogens (primary N) is 1. The molecule has 1 amide bonds. The number of hydrogen-bond acceptors (Lipinski definition) is 4. The lowest BCUT2D eigenvalue weighted by Crippen LogP contribution is -2.38. The predicted molar refractivity (Wildman–Crippen MR) is 119 cm³/mol. The molecule has 0 saturated carbocycles. The summed E-state index contributed by atoms with van der Waals surface area (Å²) < 4.78 is 5.67. The summed E-state index contributed by atoms with van der Waals surface area (Å²) in [5.74, 6) is 0.927. The molecule has 1 aliphatic heterocycles. The van der Waals surface area contributed by atoms with Crippen LogP contribution in [0.5, 0.6) is 5.75 Å². The molecule has 3 rings (SSSR count). The second-order valence-corrected chi connectivity index (χ2v) is 12.6. The molecule has 0 atom stereocenters. The lowest BCUT2D eigenvalue weighted by atomic mass is 9.88. The van der Waals surface area contributed by atoms with Gasteiger partial charge in [0.1, 0.15) is 12.0 Å². The van der Waals surface area contributed by atoms with Gasteiger partial charge in [-0.1, -0.05) is 35.9 Å². The number of carbonyl (C=O) groups excluding carboxylic acids is 1. The molecule has 156 valence electrons. The van der Waals surface area contributed by atoms with Gasteiger partial charge in [-0.15, -0.1) is 0 Å². The number of carbonyl (C=O) groups is 1. The van der Waals surface area contributed by atoms with Crippen LogP contribution in [0.3, 0.4) is 0 Å². The van der Waals surface area contributed by atoms with Crippen LogP contribution in [0.1, 0.15) is 40.2 Å². The zero-order valence-corrected chi connectivity index (χ0v) is 18.8. The first kappa shape index (κ1) is 21.8. The highest BCUT2D eigenvalue weighted by molar-refractivity contribution is 6.69. The zero-order chi connectivity index (χ0) is 21.0. The average Bonchev–Trinajstić information content (AvgIpc) is 2.71. The van der Waals surface area contributed by atoms with Crippen LogP contribution in [0.2, 0.25) is 18.1 Å². The van der Waals surface area contributed by atoms with Crippen molar-refractivity contribution in [3.63, 3.8) is 0 Å². The summed E-state index contributed by atoms with van der Waals surface area (Å²) in [7, 11) is -2.35. The van der Waals surface area contributed by atoms with E-state index in [4.69, 9.17) is 22.1 Å². The van der Waals surface area contributed by atoms with E-state index in [1.807, 2.05) is 11.0 Å². The SMILES string of the molecule is C[Si](C)(O)COc1cc(Cl)cc(C(=O)N2CCC(c3cccc(CN)c3)CC2)c1. The zero-order valence-electron chi connectivity index (χ0n) is 17.0. The number of piperidine rings is 1. The Hall–Kier alpha value is -1.86. The molecule has 0 bridgehead atoms. The Labute approximate surface area is 178 Å². The van der Waals surface area contributed by atoms with Gasteiger partial charge in [0.15, 0.2) is 0 Å². The number of nitrogens with zero attached hydrogens (tertiary/aromatic N) is 1. The van der Waals surface area contributed by atoms with Gasteiger partial charge in [0.25, 0.3) is 5.91 Å². The van der Waals surface area contributed by atoms with Crippen LogP contribution < -0.4 is 10.5 Å². The fraction of sp³-hybridized carbons (Fsp3) is 0.409. The molecule has 3 N–H and O–H groups in total. The Kier molecular flexibility index (Phi) is 7.00. The first-order chi connectivity index (χ1) is 13.7. The van der Waals surface area contributed by atoms with Crippen molar-refractivity contribution in [3.05, 3.63) is 64.2 Å². The molecule has 0 unspecified atom stereocenters. The van der Waals surface area contributed by atoms with Gasteiger partial charge in [0, 0.05) is 30.2 Å². The molecular formula is C22H29ClN2O3Si. The lowest BCUT2D eigenvalue weighted by molar-refractivity contribution is 0.0712. The van der Waals surface area contributed by atoms with Crippen molar-refractivity contribution in [2.75, 3.05) is 19.3 Å². The molecular weight excluding hydrogens is 404 g/mol. The van der Waals surface area contributed by atoms with E-state index in [1.54, 1.807) is 31.3 Å². The standard InChI is InChI=1S/C22H29ClN2O3Si/c1-29(2,27)15-28-21-12-19(11-20(23)13-21)22(26)25-8-6-17(7-9-25)18-5-3-4-16(10-18)14-24/h3-5,10-13,17,27H,6-9,14-15,24H2,1-2H3. The van der Waals surface area contributed by atoms with Crippen LogP contribution in [-0.2, 0) is 6.54 Å². The fourth-order valence-corrected chi connectivity index (χ4v) is 4.35. The van der Waals surface area contributed by atoms with Gasteiger partial charge in [0.2, 0.25) is 8.32 Å². The van der Waals surface area contributed by atoms with E-state index in [0.717, 1.165) is 18.4 Å². The topological polar surface area (TPSA) is 75.8 Å². The second kappa shape index (κ2) is 9.30. The first-order valence-electron chi connectivity index (χ1n) is 9.99. The first-order valence-corrected chi connectivity index (χ1v) is 13.5. The Morgan fingerprint density at radius 2 is 1.97 bits per heavy atom. The summed E-state index contributed by atoms with van der Waals surface area (Å²) >= 11 is 6.20. The van der Waals surface area contributed by atoms with E-state index in [0.29, 0.717) is 41.9 Å². The summed E-state index contributed by atoms with van der Waals surface area (Å²) in [4.78, 5) is 24.9. The molecule has 2 aromatic carbocycles. The van der Waals surface area contributed by atoms with Crippen LogP contribution >= 0.6 is 11.6 Å². The Morgan fingerprint density at radius 1 is 1.24 bits per heavy atom. The molecule has 1 saturated heterocycles. The second-order valence-electron chi connectivity index (χ2n) is 8.29. The summed E-state index contributed by atoms with van der Waals surface area (Å²) in [5.41, 5.74) is 8.72. The molecule has 0 aliphatic carbocycles. The third-order valence-electron chi connectivity index (χ3n) is 5.15. The van der Waals surface area contributed by atoms with Crippen molar-refractivity contribution in [2.45, 2.75) is 38.4 Å². The average molecular weight is 433 g/mol. The van der Waals surface area contributed by atoms with E-state index < -0.39 is 8.32 Å². The van der Waals surface area contributed by atoms with Crippen molar-refractivity contribution in [2.24, 2.45) is 5.73 Å². The predicted octanol–water partition coefficient (Wildman–Crippen LogP) is 3.93. The molecule has 7 heteroatoms. The van der Waals surface area contributed by atoms with Gasteiger partial charge in [-0.05, 0) is 61.2 Å². The number of rotatable bonds is 6. The third kappa shape index (κ3) is 6.06. The van der Waals surface area contributed by atoms with Crippen LogP contribution in [0, 0.1) is 0 Å². The molecule has 1 fully saturated rings. The fourth-order valence-electron chi connectivity index (χ4n) is 3.60. The molecule has 5 nitrogen and oxygen atoms in total. The van der Waals surface area contributed by atoms with Crippen molar-refractivity contribution in [3.8, 4) is 5.75 Å². The van der Waals surface area contributed by atoms with Gasteiger partial charge < -0.3 is 20.2 Å². The maximum Gasteiger partial charge on any atom is 0.254 e. The van der Waals surface area contributed by atoms with E-state index in [1.165, 1.54) is 5.56 Å². The van der Waals surface area contributed by atoms with Crippen molar-refractivity contribution < 1.29 is 14.3 Å². The minimum absolute atomic E-state index is 0.0352. The number of halogens is 1. The summed E-state index contributed by atoms with van der Waals surface area (Å²) in [6.07, 6.45) is 2.11. The summed E-state index contributed by atoms with van der Waals surface area (Å²) in [6, 6.07) is 13.5. The van der Waals surface area contributed by atoms with Gasteiger partial charge in [0.05, 0.1) is 0 Å². The third-order valence-corrected chi connectivity index (χ3v) is 6.22. The molecule has 0 radical (unpaired) electrons. The summed E-state index contributed by atoms with van der Waals surface area (Å²) in [6.45, 7) is 5.56. The van der Waals surface area contributed by atoms with Crippen molar-refractivity contribution in [1.82, 2.24) is 4.90 Å². The maximum atomic E-state index is 13.0. The number of hydrogen-bond donors (Lipinski definition) is 2. The van der Waals surface area contributed by atoms with Crippen molar-refractivity contribution >= 4 is 25.8 Å². The van der Waals surface area contributed by atoms with Crippen LogP contribution in [0.4, 0.5) is 0 Å². The number of ether oxygens (including phenoxy) is 1. The lowest BCUT2D eigenvalue weighted by Gasteiger charge is -2.32. The van der Waals surface area contributed by atoms with Gasteiger partial charge >= 0.3 is 0 Å². The molecule has 0 aromatic heterocycles. The van der Waals surface area contributed by atoms with Gasteiger partial charge in [-0.3, -0.25) is 4.79 Å². The van der Waals surface area contributed by atoms with Crippen molar-refractivity contribution in [1.29, 1.82) is 0 Å². The quantitative estimate of drug-likeness (QED) is 0.678. The largest absolute Gasteiger partial charge is 0.494 e. The van der Waals surface area contributed by atoms with E-state index in [2.05, 4.69) is 18.2 Å². The van der Waals surface area contributed by atoms with Gasteiger partial charge in [-0.25, -0.2) is 0 Å². The maximum absolute atomic E-state index is 13.0. The Morgan fingerprint density at radius 3 is 2.62 bits per heavy atom. The summed E-state index contributed by atoms with van der Waals surface area (Å²) in [5, 5.41) is 0.455. The minimum atomic E-state index is -2.35. The number of amides is 1. The molecule has 2 aromatic rings. The molecule has 1 heterocycles. The molecule has 29 heavy (non-hydrogen) atoms. The highest BCUT2D eigenvalue weighted by Gasteiger charge is 2.25. The normalized spacial score (nSPS) is 15.4. The van der Waals surface area contributed by atoms with Crippen LogP contribution in [-0.4, -0.2) is 43.2 Å². The minimum Gasteiger partial charge on any atom is -0.494 e. The molecule has 1 aliphatic rings. The smallest absolute Gasteiger partial charge is 0.254 e. The van der Waals surface area contributed by atoms with E-state index in [9.17, 15) is 9.59 Å². The van der Waals surface area contributed by atoms with E-state index in [-0.39, 0.29) is 12.1 Å². The highest BCUT2D eigenvalue weighted by Crippen LogP contribution is 2.30. The van der Waals surface area contributed by atoms with Crippen LogP contribution in [0.15, 0.2) is 42.5 Å². The Bertz CT molecular complexity index is 861. The Balaban J connectivity index is 1.65. The van der Waals surface area contributed by atoms with Gasteiger partial charge in [-0.2, -0.15) is 0 Å². The monoisotopic (exact) mass is 432 g/mol. The number of likely N-dealkylation sites (tertiary alicyclic amines) is 1. The van der Waals surface area contributed by atoms with E-state index >= 15 is 0 Å².